The average molecular weight is 362 g/mol. The molecule has 0 spiro atoms. The van der Waals surface area contributed by atoms with Gasteiger partial charge in [-0.2, -0.15) is 0 Å². The molecule has 0 aliphatic carbocycles. The summed E-state index contributed by atoms with van der Waals surface area (Å²) in [6.45, 7) is 4.21. The van der Waals surface area contributed by atoms with Gasteiger partial charge in [0, 0.05) is 23.8 Å². The van der Waals surface area contributed by atoms with Crippen molar-refractivity contribution in [2.45, 2.75) is 20.3 Å². The number of nitrogens with one attached hydrogen (secondary N) is 1. The van der Waals surface area contributed by atoms with Crippen molar-refractivity contribution >= 4 is 23.2 Å². The highest BCUT2D eigenvalue weighted by Crippen LogP contribution is 2.31. The number of amides is 2. The van der Waals surface area contributed by atoms with Gasteiger partial charge in [0.05, 0.1) is 5.56 Å². The number of carbonyl (C=O) groups is 2. The zero-order valence-electron chi connectivity index (χ0n) is 14.3. The molecule has 2 aromatic carbocycles. The predicted octanol–water partition coefficient (Wildman–Crippen LogP) is 3.90. The standard InChI is InChI=1S/C19H17F3N2O2/c1-10(2)19(26)24-8-7-11-9-12(3-6-15(11)24)23-18(25)13-4-5-14(20)17(22)16(13)21/h3-6,9-10H,7-8H2,1-2H3,(H,23,25). The Bertz CT molecular complexity index is 897. The van der Waals surface area contributed by atoms with Gasteiger partial charge in [-0.15, -0.1) is 0 Å². The second-order valence-corrected chi connectivity index (χ2v) is 6.42. The highest BCUT2D eigenvalue weighted by Gasteiger charge is 2.26. The van der Waals surface area contributed by atoms with Crippen molar-refractivity contribution in [3.8, 4) is 0 Å². The van der Waals surface area contributed by atoms with Gasteiger partial charge < -0.3 is 10.2 Å². The van der Waals surface area contributed by atoms with Crippen LogP contribution in [0.4, 0.5) is 24.5 Å². The molecule has 0 atom stereocenters. The molecule has 0 unspecified atom stereocenters. The van der Waals surface area contributed by atoms with E-state index in [0.29, 0.717) is 24.7 Å². The topological polar surface area (TPSA) is 49.4 Å². The number of anilines is 2. The van der Waals surface area contributed by atoms with Gasteiger partial charge in [-0.25, -0.2) is 13.2 Å². The first kappa shape index (κ1) is 18.0. The predicted molar refractivity (Wildman–Crippen MR) is 91.6 cm³/mol. The molecule has 0 saturated heterocycles. The highest BCUT2D eigenvalue weighted by atomic mass is 19.2. The molecule has 2 aromatic rings. The number of fused-ring (bicyclic) bond motifs is 1. The van der Waals surface area contributed by atoms with Crippen molar-refractivity contribution in [1.29, 1.82) is 0 Å². The molecule has 26 heavy (non-hydrogen) atoms. The Labute approximate surface area is 148 Å². The summed E-state index contributed by atoms with van der Waals surface area (Å²) in [6, 6.07) is 6.57. The van der Waals surface area contributed by atoms with Crippen LogP contribution in [0, 0.1) is 23.4 Å². The van der Waals surface area contributed by atoms with Gasteiger partial charge >= 0.3 is 0 Å². The highest BCUT2D eigenvalue weighted by molar-refractivity contribution is 6.05. The molecule has 1 aliphatic rings. The van der Waals surface area contributed by atoms with E-state index >= 15 is 0 Å². The summed E-state index contributed by atoms with van der Waals surface area (Å²) in [5, 5.41) is 2.47. The Morgan fingerprint density at radius 2 is 1.81 bits per heavy atom. The Hall–Kier alpha value is -2.83. The minimum Gasteiger partial charge on any atom is -0.322 e. The maximum Gasteiger partial charge on any atom is 0.258 e. The van der Waals surface area contributed by atoms with Gasteiger partial charge in [-0.1, -0.05) is 13.8 Å². The van der Waals surface area contributed by atoms with Crippen LogP contribution in [0.25, 0.3) is 0 Å². The van der Waals surface area contributed by atoms with Crippen molar-refractivity contribution < 1.29 is 22.8 Å². The molecule has 136 valence electrons. The lowest BCUT2D eigenvalue weighted by atomic mass is 10.1. The summed E-state index contributed by atoms with van der Waals surface area (Å²) in [7, 11) is 0. The third-order valence-corrected chi connectivity index (χ3v) is 4.27. The van der Waals surface area contributed by atoms with E-state index in [1.807, 2.05) is 13.8 Å². The van der Waals surface area contributed by atoms with Crippen LogP contribution in [-0.4, -0.2) is 18.4 Å². The Morgan fingerprint density at radius 3 is 2.50 bits per heavy atom. The zero-order valence-corrected chi connectivity index (χ0v) is 14.3. The zero-order chi connectivity index (χ0) is 19.0. The van der Waals surface area contributed by atoms with E-state index < -0.39 is 28.9 Å². The monoisotopic (exact) mass is 362 g/mol. The normalized spacial score (nSPS) is 13.1. The van der Waals surface area contributed by atoms with E-state index in [-0.39, 0.29) is 11.8 Å². The largest absolute Gasteiger partial charge is 0.322 e. The lowest BCUT2D eigenvalue weighted by Gasteiger charge is -2.19. The van der Waals surface area contributed by atoms with Gasteiger partial charge in [0.2, 0.25) is 5.91 Å². The third kappa shape index (κ3) is 3.16. The van der Waals surface area contributed by atoms with E-state index in [0.717, 1.165) is 17.3 Å². The fraction of sp³-hybridized carbons (Fsp3) is 0.263. The van der Waals surface area contributed by atoms with Crippen LogP contribution in [0.1, 0.15) is 29.8 Å². The summed E-state index contributed by atoms with van der Waals surface area (Å²) >= 11 is 0. The van der Waals surface area contributed by atoms with E-state index in [1.54, 1.807) is 23.1 Å². The number of nitrogens with zero attached hydrogens (tertiary/aromatic N) is 1. The molecule has 1 heterocycles. The molecule has 1 aliphatic heterocycles. The van der Waals surface area contributed by atoms with Gasteiger partial charge in [0.15, 0.2) is 17.5 Å². The first-order valence-corrected chi connectivity index (χ1v) is 8.18. The Morgan fingerprint density at radius 1 is 1.08 bits per heavy atom. The van der Waals surface area contributed by atoms with Gasteiger partial charge in [0.1, 0.15) is 0 Å². The summed E-state index contributed by atoms with van der Waals surface area (Å²) in [4.78, 5) is 26.1. The van der Waals surface area contributed by atoms with Crippen LogP contribution in [-0.2, 0) is 11.2 Å². The van der Waals surface area contributed by atoms with E-state index in [9.17, 15) is 22.8 Å². The molecule has 0 saturated carbocycles. The van der Waals surface area contributed by atoms with Crippen LogP contribution in [0.3, 0.4) is 0 Å². The van der Waals surface area contributed by atoms with Crippen LogP contribution in [0.5, 0.6) is 0 Å². The molecular formula is C19H17F3N2O2. The van der Waals surface area contributed by atoms with Crippen molar-refractivity contribution in [2.24, 2.45) is 5.92 Å². The SMILES string of the molecule is CC(C)C(=O)N1CCc2cc(NC(=O)c3ccc(F)c(F)c3F)ccc21. The quantitative estimate of drug-likeness (QED) is 0.842. The minimum absolute atomic E-state index is 0.0180. The molecule has 0 radical (unpaired) electrons. The van der Waals surface area contributed by atoms with Crippen LogP contribution >= 0.6 is 0 Å². The molecule has 0 bridgehead atoms. The number of hydrogen-bond donors (Lipinski definition) is 1. The number of halogens is 3. The second-order valence-electron chi connectivity index (χ2n) is 6.42. The maximum atomic E-state index is 13.7. The lowest BCUT2D eigenvalue weighted by molar-refractivity contribution is -0.121. The van der Waals surface area contributed by atoms with Crippen molar-refractivity contribution in [3.05, 3.63) is 58.9 Å². The van der Waals surface area contributed by atoms with E-state index in [4.69, 9.17) is 0 Å². The smallest absolute Gasteiger partial charge is 0.258 e. The first-order valence-electron chi connectivity index (χ1n) is 8.18. The number of benzene rings is 2. The minimum atomic E-state index is -1.69. The number of carbonyl (C=O) groups excluding carboxylic acids is 2. The second kappa shape index (κ2) is 6.82. The molecule has 1 N–H and O–H groups in total. The molecule has 2 amide bonds. The molecule has 4 nitrogen and oxygen atoms in total. The van der Waals surface area contributed by atoms with Crippen molar-refractivity contribution in [3.63, 3.8) is 0 Å². The van der Waals surface area contributed by atoms with Crippen molar-refractivity contribution in [2.75, 3.05) is 16.8 Å². The molecular weight excluding hydrogens is 345 g/mol. The van der Waals surface area contributed by atoms with E-state index in [1.165, 1.54) is 0 Å². The van der Waals surface area contributed by atoms with Gasteiger partial charge in [-0.3, -0.25) is 9.59 Å². The van der Waals surface area contributed by atoms with Crippen LogP contribution in [0.2, 0.25) is 0 Å². The number of rotatable bonds is 3. The summed E-state index contributed by atoms with van der Waals surface area (Å²) < 4.78 is 40.0. The first-order chi connectivity index (χ1) is 12.3. The van der Waals surface area contributed by atoms with Crippen LogP contribution < -0.4 is 10.2 Å². The molecule has 0 fully saturated rings. The van der Waals surface area contributed by atoms with Gasteiger partial charge in [0.25, 0.3) is 5.91 Å². The molecule has 3 rings (SSSR count). The third-order valence-electron chi connectivity index (χ3n) is 4.27. The Kier molecular flexibility index (Phi) is 4.71. The fourth-order valence-electron chi connectivity index (χ4n) is 2.92. The summed E-state index contributed by atoms with van der Waals surface area (Å²) in [5.74, 6) is -5.56. The fourth-order valence-corrected chi connectivity index (χ4v) is 2.92. The average Bonchev–Trinajstić information content (AvgIpc) is 3.02. The number of hydrogen-bond acceptors (Lipinski definition) is 2. The maximum absolute atomic E-state index is 13.7. The molecule has 7 heteroatoms. The lowest BCUT2D eigenvalue weighted by Crippen LogP contribution is -2.32. The molecule has 0 aromatic heterocycles. The summed E-state index contributed by atoms with van der Waals surface area (Å²) in [6.07, 6.45) is 0.636. The van der Waals surface area contributed by atoms with Crippen molar-refractivity contribution in [1.82, 2.24) is 0 Å². The van der Waals surface area contributed by atoms with Crippen LogP contribution in [0.15, 0.2) is 30.3 Å². The van der Waals surface area contributed by atoms with Gasteiger partial charge in [-0.05, 0) is 42.3 Å². The Balaban J connectivity index is 1.82. The van der Waals surface area contributed by atoms with E-state index in [2.05, 4.69) is 5.32 Å². The summed E-state index contributed by atoms with van der Waals surface area (Å²) in [5.41, 5.74) is 1.46.